The second-order valence-corrected chi connectivity index (χ2v) is 18.4. The van der Waals surface area contributed by atoms with Crippen molar-refractivity contribution in [2.75, 3.05) is 4.90 Å². The van der Waals surface area contributed by atoms with Gasteiger partial charge in [0, 0.05) is 38.5 Å². The summed E-state index contributed by atoms with van der Waals surface area (Å²) in [4.78, 5) is 2.42. The number of fused-ring (bicyclic) bond motifs is 8. The Morgan fingerprint density at radius 1 is 0.373 bits per heavy atom. The summed E-state index contributed by atoms with van der Waals surface area (Å²) in [6, 6.07) is 86.1. The van der Waals surface area contributed by atoms with Crippen molar-refractivity contribution in [1.29, 1.82) is 0 Å². The van der Waals surface area contributed by atoms with Crippen molar-refractivity contribution >= 4 is 60.5 Å². The predicted octanol–water partition coefficient (Wildman–Crippen LogP) is 18.3. The highest BCUT2D eigenvalue weighted by Gasteiger charge is 2.40. The maximum atomic E-state index is 7.23. The molecule has 316 valence electrons. The van der Waals surface area contributed by atoms with Crippen LogP contribution in [0.4, 0.5) is 17.1 Å². The van der Waals surface area contributed by atoms with Crippen LogP contribution in [0.5, 0.6) is 0 Å². The lowest BCUT2D eigenvalue weighted by atomic mass is 9.78. The zero-order valence-corrected chi connectivity index (χ0v) is 37.4. The molecule has 2 heteroatoms. The van der Waals surface area contributed by atoms with Gasteiger partial charge in [0.05, 0.1) is 5.69 Å². The molecule has 0 atom stereocenters. The number of rotatable bonds is 7. The minimum Gasteiger partial charge on any atom is -0.455 e. The molecule has 11 aromatic carbocycles. The van der Waals surface area contributed by atoms with Crippen molar-refractivity contribution in [2.45, 2.75) is 19.3 Å². The molecule has 13 rings (SSSR count). The Morgan fingerprint density at radius 2 is 0.940 bits per heavy atom. The third kappa shape index (κ3) is 6.18. The number of nitrogens with zero attached hydrogens (tertiary/aromatic N) is 1. The van der Waals surface area contributed by atoms with E-state index in [1.165, 1.54) is 66.1 Å². The first-order chi connectivity index (χ1) is 33.0. The molecule has 0 saturated carbocycles. The standard InChI is InChI=1S/C65H45NO/c1-65(2)58-32-14-13-28-54(58)56-41-57-62-52(45-36-34-44(35-37-45)50-30-16-21-43-20-9-10-26-49(43)50)31-17-33-60(62)67-64(57)61(63(56)65)46-22-15-25-48(40-46)66(47-23-7-4-8-24-47)59-39-38-51(42-18-5-3-6-19-42)53-27-11-12-29-55(53)59/h3-41H,1-2H3. The summed E-state index contributed by atoms with van der Waals surface area (Å²) in [5.41, 5.74) is 19.4. The van der Waals surface area contributed by atoms with E-state index in [4.69, 9.17) is 4.42 Å². The van der Waals surface area contributed by atoms with Crippen molar-refractivity contribution in [2.24, 2.45) is 0 Å². The summed E-state index contributed by atoms with van der Waals surface area (Å²) in [5.74, 6) is 0. The van der Waals surface area contributed by atoms with Gasteiger partial charge in [0.2, 0.25) is 0 Å². The molecule has 0 radical (unpaired) electrons. The van der Waals surface area contributed by atoms with Crippen LogP contribution in [0.2, 0.25) is 0 Å². The van der Waals surface area contributed by atoms with Gasteiger partial charge in [-0.05, 0) is 120 Å². The Bertz CT molecular complexity index is 3870. The minimum atomic E-state index is -0.284. The molecule has 0 bridgehead atoms. The molecule has 12 aromatic rings. The van der Waals surface area contributed by atoms with Gasteiger partial charge in [0.15, 0.2) is 0 Å². The van der Waals surface area contributed by atoms with Gasteiger partial charge in [-0.2, -0.15) is 0 Å². The highest BCUT2D eigenvalue weighted by molar-refractivity contribution is 6.18. The van der Waals surface area contributed by atoms with E-state index in [2.05, 4.69) is 255 Å². The van der Waals surface area contributed by atoms with Gasteiger partial charge in [0.25, 0.3) is 0 Å². The van der Waals surface area contributed by atoms with Crippen molar-refractivity contribution in [3.8, 4) is 55.6 Å². The Kier molecular flexibility index (Phi) is 8.91. The zero-order valence-electron chi connectivity index (χ0n) is 37.4. The van der Waals surface area contributed by atoms with E-state index in [9.17, 15) is 0 Å². The van der Waals surface area contributed by atoms with Gasteiger partial charge in [0.1, 0.15) is 11.2 Å². The lowest BCUT2D eigenvalue weighted by molar-refractivity contribution is 0.650. The van der Waals surface area contributed by atoms with E-state index in [1.807, 2.05) is 0 Å². The van der Waals surface area contributed by atoms with Crippen LogP contribution in [-0.2, 0) is 5.41 Å². The Morgan fingerprint density at radius 3 is 1.76 bits per heavy atom. The Labute approximate surface area is 390 Å². The number of para-hydroxylation sites is 1. The molecule has 0 aliphatic heterocycles. The van der Waals surface area contributed by atoms with Crippen LogP contribution in [-0.4, -0.2) is 0 Å². The van der Waals surface area contributed by atoms with Crippen molar-refractivity contribution < 1.29 is 4.42 Å². The van der Waals surface area contributed by atoms with Gasteiger partial charge in [-0.3, -0.25) is 0 Å². The predicted molar refractivity (Wildman–Crippen MR) is 283 cm³/mol. The van der Waals surface area contributed by atoms with E-state index in [1.54, 1.807) is 0 Å². The average Bonchev–Trinajstić information content (AvgIpc) is 3.88. The summed E-state index contributed by atoms with van der Waals surface area (Å²) in [7, 11) is 0. The molecule has 1 aliphatic carbocycles. The Hall–Kier alpha value is -8.46. The summed E-state index contributed by atoms with van der Waals surface area (Å²) in [6.45, 7) is 4.75. The Balaban J connectivity index is 1.03. The molecule has 2 nitrogen and oxygen atoms in total. The fraction of sp³-hybridized carbons (Fsp3) is 0.0462. The van der Waals surface area contributed by atoms with Crippen LogP contribution in [0.3, 0.4) is 0 Å². The van der Waals surface area contributed by atoms with Gasteiger partial charge in [-0.15, -0.1) is 0 Å². The number of benzene rings is 11. The third-order valence-electron chi connectivity index (χ3n) is 14.2. The highest BCUT2D eigenvalue weighted by atomic mass is 16.3. The number of furan rings is 1. The van der Waals surface area contributed by atoms with E-state index in [0.717, 1.165) is 61.3 Å². The molecule has 0 N–H and O–H groups in total. The molecular formula is C65H45NO. The van der Waals surface area contributed by atoms with E-state index >= 15 is 0 Å². The van der Waals surface area contributed by atoms with Crippen LogP contribution in [0.25, 0.3) is 99.1 Å². The molecular weight excluding hydrogens is 811 g/mol. The summed E-state index contributed by atoms with van der Waals surface area (Å²) in [5, 5.41) is 7.16. The van der Waals surface area contributed by atoms with Gasteiger partial charge in [-0.1, -0.05) is 208 Å². The lowest BCUT2D eigenvalue weighted by Crippen LogP contribution is -2.16. The molecule has 67 heavy (non-hydrogen) atoms. The monoisotopic (exact) mass is 855 g/mol. The fourth-order valence-corrected chi connectivity index (χ4v) is 11.2. The molecule has 0 unspecified atom stereocenters. The summed E-state index contributed by atoms with van der Waals surface area (Å²) in [6.07, 6.45) is 0. The van der Waals surface area contributed by atoms with Crippen molar-refractivity contribution in [1.82, 2.24) is 0 Å². The molecule has 0 spiro atoms. The molecule has 0 fully saturated rings. The SMILES string of the molecule is CC1(C)c2ccccc2-c2cc3c(oc4cccc(-c5ccc(-c6cccc7ccccc67)cc5)c43)c(-c3cccc(N(c4ccccc4)c4ccc(-c5ccccc5)c5ccccc45)c3)c21. The largest absolute Gasteiger partial charge is 0.455 e. The molecule has 1 heterocycles. The van der Waals surface area contributed by atoms with Gasteiger partial charge in [-0.25, -0.2) is 0 Å². The maximum absolute atomic E-state index is 7.23. The van der Waals surface area contributed by atoms with E-state index in [0.29, 0.717) is 0 Å². The average molecular weight is 856 g/mol. The normalized spacial score (nSPS) is 12.7. The van der Waals surface area contributed by atoms with Crippen LogP contribution < -0.4 is 4.90 Å². The molecule has 0 amide bonds. The zero-order chi connectivity index (χ0) is 44.6. The first-order valence-electron chi connectivity index (χ1n) is 23.3. The highest BCUT2D eigenvalue weighted by Crippen LogP contribution is 2.56. The van der Waals surface area contributed by atoms with Crippen LogP contribution in [0.15, 0.2) is 241 Å². The fourth-order valence-electron chi connectivity index (χ4n) is 11.2. The van der Waals surface area contributed by atoms with Crippen LogP contribution >= 0.6 is 0 Å². The molecule has 0 saturated heterocycles. The number of hydrogen-bond acceptors (Lipinski definition) is 2. The van der Waals surface area contributed by atoms with Crippen LogP contribution in [0.1, 0.15) is 25.0 Å². The minimum absolute atomic E-state index is 0.284. The number of anilines is 3. The summed E-state index contributed by atoms with van der Waals surface area (Å²) < 4.78 is 7.23. The first-order valence-corrected chi connectivity index (χ1v) is 23.3. The summed E-state index contributed by atoms with van der Waals surface area (Å²) >= 11 is 0. The quantitative estimate of drug-likeness (QED) is 0.159. The van der Waals surface area contributed by atoms with Crippen molar-refractivity contribution in [3.63, 3.8) is 0 Å². The van der Waals surface area contributed by atoms with Gasteiger partial charge >= 0.3 is 0 Å². The van der Waals surface area contributed by atoms with Gasteiger partial charge < -0.3 is 9.32 Å². The molecule has 1 aromatic heterocycles. The van der Waals surface area contributed by atoms with E-state index in [-0.39, 0.29) is 5.41 Å². The number of hydrogen-bond donors (Lipinski definition) is 0. The van der Waals surface area contributed by atoms with E-state index < -0.39 is 0 Å². The topological polar surface area (TPSA) is 16.4 Å². The van der Waals surface area contributed by atoms with Crippen LogP contribution in [0, 0.1) is 0 Å². The maximum Gasteiger partial charge on any atom is 0.143 e. The second kappa shape index (κ2) is 15.3. The third-order valence-corrected chi connectivity index (χ3v) is 14.2. The lowest BCUT2D eigenvalue weighted by Gasteiger charge is -2.29. The van der Waals surface area contributed by atoms with Crippen molar-refractivity contribution in [3.05, 3.63) is 248 Å². The second-order valence-electron chi connectivity index (χ2n) is 18.4. The first kappa shape index (κ1) is 39.0. The smallest absolute Gasteiger partial charge is 0.143 e. The molecule has 1 aliphatic rings.